The third kappa shape index (κ3) is 1.20. The highest BCUT2D eigenvalue weighted by Gasteiger charge is 2.03. The zero-order chi connectivity index (χ0) is 5.98. The molecule has 0 heterocycles. The van der Waals surface area contributed by atoms with Gasteiger partial charge in [-0.25, -0.2) is 0 Å². The topological polar surface area (TPSA) is 22.9 Å². The predicted molar refractivity (Wildman–Crippen MR) is 34.9 cm³/mol. The number of rotatable bonds is 0. The minimum atomic E-state index is 0.0127. The van der Waals surface area contributed by atoms with Gasteiger partial charge in [-0.2, -0.15) is 0 Å². The lowest BCUT2D eigenvalue weighted by Crippen LogP contribution is -2.02. The van der Waals surface area contributed by atoms with Gasteiger partial charge < -0.3 is 5.11 Å². The molecule has 1 unspecified atom stereocenters. The van der Waals surface area contributed by atoms with Gasteiger partial charge in [-0.05, 0) is 13.0 Å². The van der Waals surface area contributed by atoms with Crippen LogP contribution in [0.25, 0.3) is 0 Å². The molecule has 1 rings (SSSR count). The summed E-state index contributed by atoms with van der Waals surface area (Å²) >= 11 is 0. The molecule has 0 aromatic carbocycles. The van der Waals surface area contributed by atoms with Gasteiger partial charge in [0, 0.05) is 6.42 Å². The molecule has 0 saturated carbocycles. The first-order valence-electron chi connectivity index (χ1n) is 2.85. The van der Waals surface area contributed by atoms with E-state index in [4.69, 9.17) is 5.11 Å². The standard InChI is InChI=1S/C7H10O/c1-6-2-4-7(8)5-3-6/h2-4,7-8H,5H2,1H3/p+1. The molecule has 44 valence electrons. The second-order valence-electron chi connectivity index (χ2n) is 2.15. The van der Waals surface area contributed by atoms with Gasteiger partial charge in [-0.15, -0.1) is 0 Å². The van der Waals surface area contributed by atoms with Crippen LogP contribution in [0.5, 0.6) is 0 Å². The fraction of sp³-hybridized carbons (Fsp3) is 0.429. The summed E-state index contributed by atoms with van der Waals surface area (Å²) in [6, 6.07) is 0. The fourth-order valence-corrected chi connectivity index (χ4v) is 0.727. The van der Waals surface area contributed by atoms with Crippen LogP contribution in [0.15, 0.2) is 23.8 Å². The van der Waals surface area contributed by atoms with Gasteiger partial charge in [0.15, 0.2) is 6.10 Å². The van der Waals surface area contributed by atoms with Crippen LogP contribution in [-0.4, -0.2) is 11.2 Å². The molecular weight excluding hydrogens is 100 g/mol. The van der Waals surface area contributed by atoms with Crippen molar-refractivity contribution >= 4 is 0 Å². The Labute approximate surface area is 49.3 Å². The third-order valence-electron chi connectivity index (χ3n) is 1.29. The van der Waals surface area contributed by atoms with Gasteiger partial charge in [0.05, 0.1) is 0 Å². The molecule has 0 bridgehead atoms. The lowest BCUT2D eigenvalue weighted by atomic mass is 10.1. The Morgan fingerprint density at radius 1 is 1.75 bits per heavy atom. The van der Waals surface area contributed by atoms with E-state index in [1.807, 2.05) is 12.2 Å². The fourth-order valence-electron chi connectivity index (χ4n) is 0.727. The molecule has 0 fully saturated rings. The lowest BCUT2D eigenvalue weighted by Gasteiger charge is -2.02. The summed E-state index contributed by atoms with van der Waals surface area (Å²) in [7, 11) is 0. The molecule has 0 spiro atoms. The summed E-state index contributed by atoms with van der Waals surface area (Å²) in [4.78, 5) is 0. The van der Waals surface area contributed by atoms with Crippen molar-refractivity contribution in [1.82, 2.24) is 0 Å². The van der Waals surface area contributed by atoms with Gasteiger partial charge in [0.25, 0.3) is 0 Å². The van der Waals surface area contributed by atoms with E-state index in [0.717, 1.165) is 6.42 Å². The molecule has 1 aliphatic rings. The molecule has 1 nitrogen and oxygen atoms in total. The van der Waals surface area contributed by atoms with E-state index in [9.17, 15) is 0 Å². The van der Waals surface area contributed by atoms with Crippen LogP contribution in [0.2, 0.25) is 0 Å². The van der Waals surface area contributed by atoms with Gasteiger partial charge in [0.1, 0.15) is 0 Å². The maximum absolute atomic E-state index is 7.23. The van der Waals surface area contributed by atoms with Crippen LogP contribution in [0.1, 0.15) is 13.3 Å². The molecule has 2 N–H and O–H groups in total. The SMILES string of the molecule is CC1=CCC([OH2+])C=C1. The summed E-state index contributed by atoms with van der Waals surface area (Å²) in [6.07, 6.45) is 6.93. The van der Waals surface area contributed by atoms with Crippen molar-refractivity contribution in [3.63, 3.8) is 0 Å². The summed E-state index contributed by atoms with van der Waals surface area (Å²) in [5, 5.41) is 7.23. The third-order valence-corrected chi connectivity index (χ3v) is 1.29. The largest absolute Gasteiger partial charge is 0.440 e. The molecule has 0 radical (unpaired) electrons. The average molecular weight is 111 g/mol. The van der Waals surface area contributed by atoms with Crippen LogP contribution in [0.3, 0.4) is 0 Å². The second kappa shape index (κ2) is 2.14. The van der Waals surface area contributed by atoms with Crippen molar-refractivity contribution in [3.05, 3.63) is 23.8 Å². The maximum atomic E-state index is 7.23. The molecule has 0 amide bonds. The zero-order valence-corrected chi connectivity index (χ0v) is 5.02. The first-order valence-corrected chi connectivity index (χ1v) is 2.85. The Kier molecular flexibility index (Phi) is 1.49. The second-order valence-corrected chi connectivity index (χ2v) is 2.15. The molecule has 0 saturated heterocycles. The lowest BCUT2D eigenvalue weighted by molar-refractivity contribution is 0.225. The number of allylic oxidation sites excluding steroid dienone is 2. The van der Waals surface area contributed by atoms with Crippen molar-refractivity contribution in [2.45, 2.75) is 19.4 Å². The molecule has 1 aliphatic carbocycles. The summed E-state index contributed by atoms with van der Waals surface area (Å²) < 4.78 is 0. The molecule has 1 heteroatoms. The number of hydrogen-bond donors (Lipinski definition) is 0. The Balaban J connectivity index is 2.58. The van der Waals surface area contributed by atoms with Crippen LogP contribution < -0.4 is 0 Å². The Hall–Kier alpha value is -0.560. The average Bonchev–Trinajstić information content (AvgIpc) is 1.77. The Morgan fingerprint density at radius 2 is 2.50 bits per heavy atom. The van der Waals surface area contributed by atoms with Crippen molar-refractivity contribution in [1.29, 1.82) is 0 Å². The van der Waals surface area contributed by atoms with Gasteiger partial charge in [-0.3, -0.25) is 0 Å². The van der Waals surface area contributed by atoms with Crippen LogP contribution in [-0.2, 0) is 0 Å². The normalized spacial score (nSPS) is 27.8. The van der Waals surface area contributed by atoms with E-state index in [-0.39, 0.29) is 6.10 Å². The van der Waals surface area contributed by atoms with E-state index in [1.165, 1.54) is 5.57 Å². The van der Waals surface area contributed by atoms with Crippen LogP contribution in [0.4, 0.5) is 0 Å². The van der Waals surface area contributed by atoms with Crippen molar-refractivity contribution in [3.8, 4) is 0 Å². The van der Waals surface area contributed by atoms with E-state index in [0.29, 0.717) is 0 Å². The molecule has 0 aromatic rings. The smallest absolute Gasteiger partial charge is 0.176 e. The molecule has 0 aromatic heterocycles. The highest BCUT2D eigenvalue weighted by molar-refractivity contribution is 5.21. The molecule has 1 atom stereocenters. The predicted octanol–water partition coefficient (Wildman–Crippen LogP) is 0.986. The van der Waals surface area contributed by atoms with Crippen LogP contribution >= 0.6 is 0 Å². The summed E-state index contributed by atoms with van der Waals surface area (Å²) in [5.74, 6) is 0. The van der Waals surface area contributed by atoms with E-state index in [2.05, 4.69) is 13.0 Å². The molecule has 0 aliphatic heterocycles. The summed E-state index contributed by atoms with van der Waals surface area (Å²) in [6.45, 7) is 2.06. The molecule has 8 heavy (non-hydrogen) atoms. The van der Waals surface area contributed by atoms with E-state index < -0.39 is 0 Å². The minimum Gasteiger partial charge on any atom is -0.440 e. The van der Waals surface area contributed by atoms with Crippen molar-refractivity contribution < 1.29 is 5.11 Å². The van der Waals surface area contributed by atoms with Crippen molar-refractivity contribution in [2.24, 2.45) is 0 Å². The first kappa shape index (κ1) is 5.57. The highest BCUT2D eigenvalue weighted by Crippen LogP contribution is 2.08. The quantitative estimate of drug-likeness (QED) is 0.416. The van der Waals surface area contributed by atoms with Crippen LogP contribution in [0, 0.1) is 0 Å². The van der Waals surface area contributed by atoms with E-state index >= 15 is 0 Å². The van der Waals surface area contributed by atoms with Crippen molar-refractivity contribution in [2.75, 3.05) is 0 Å². The first-order chi connectivity index (χ1) is 3.79. The Bertz CT molecular complexity index is 133. The number of hydrogen-bond acceptors (Lipinski definition) is 0. The minimum absolute atomic E-state index is 0.0127. The zero-order valence-electron chi connectivity index (χ0n) is 5.02. The molecular formula is C7H11O+. The Morgan fingerprint density at radius 3 is 2.88 bits per heavy atom. The van der Waals surface area contributed by atoms with Gasteiger partial charge in [-0.1, -0.05) is 17.7 Å². The maximum Gasteiger partial charge on any atom is 0.176 e. The monoisotopic (exact) mass is 111 g/mol. The van der Waals surface area contributed by atoms with Gasteiger partial charge >= 0.3 is 0 Å². The van der Waals surface area contributed by atoms with Gasteiger partial charge in [0.2, 0.25) is 0 Å². The summed E-state index contributed by atoms with van der Waals surface area (Å²) in [5.41, 5.74) is 1.29. The van der Waals surface area contributed by atoms with E-state index in [1.54, 1.807) is 0 Å². The highest BCUT2D eigenvalue weighted by atomic mass is 16.3.